The minimum Gasteiger partial charge on any atom is 1.00 e. The molecule has 1 aromatic carbocycles. The molecule has 0 saturated heterocycles. The average molecular weight is 333 g/mol. The van der Waals surface area contributed by atoms with E-state index in [2.05, 4.69) is 15.3 Å². The zero-order valence-corrected chi connectivity index (χ0v) is 14.1. The second-order valence-corrected chi connectivity index (χ2v) is 6.88. The maximum absolute atomic E-state index is 11.0. The van der Waals surface area contributed by atoms with Crippen molar-refractivity contribution in [3.8, 4) is 0 Å². The summed E-state index contributed by atoms with van der Waals surface area (Å²) in [6.07, 6.45) is 1.51. The fourth-order valence-corrected chi connectivity index (χ4v) is 2.46. The van der Waals surface area contributed by atoms with Crippen LogP contribution in [0.2, 0.25) is 0 Å². The summed E-state index contributed by atoms with van der Waals surface area (Å²) in [5.74, 6) is 0.659. The topological polar surface area (TPSA) is 121 Å². The molecule has 2 aromatic rings. The van der Waals surface area contributed by atoms with E-state index in [0.717, 1.165) is 0 Å². The van der Waals surface area contributed by atoms with Gasteiger partial charge in [0.25, 0.3) is 0 Å². The molecule has 0 bridgehead atoms. The van der Waals surface area contributed by atoms with Gasteiger partial charge in [0.05, 0.1) is 0 Å². The Bertz CT molecular complexity index is 602. The van der Waals surface area contributed by atoms with E-state index in [9.17, 15) is 3.74 Å². The molecule has 1 heterocycles. The van der Waals surface area contributed by atoms with E-state index >= 15 is 0 Å². The molecule has 1 aromatic heterocycles. The first-order valence-corrected chi connectivity index (χ1v) is 8.35. The third kappa shape index (κ3) is 4.65. The number of rotatable bonds is 3. The fourth-order valence-electron chi connectivity index (χ4n) is 1.33. The Morgan fingerprint density at radius 2 is 1.79 bits per heavy atom. The van der Waals surface area contributed by atoms with E-state index in [0.29, 0.717) is 11.5 Å². The van der Waals surface area contributed by atoms with Crippen LogP contribution in [0, 0.1) is 0 Å². The van der Waals surface area contributed by atoms with Crippen molar-refractivity contribution in [3.05, 3.63) is 36.5 Å². The third-order valence-corrected chi connectivity index (χ3v) is 4.19. The molecule has 0 aliphatic heterocycles. The van der Waals surface area contributed by atoms with Gasteiger partial charge in [-0.25, -0.2) is 0 Å². The van der Waals surface area contributed by atoms with Gasteiger partial charge in [0.2, 0.25) is 0 Å². The summed E-state index contributed by atoms with van der Waals surface area (Å²) in [6.45, 7) is 0. The Morgan fingerprint density at radius 1 is 1.16 bits per heavy atom. The summed E-state index contributed by atoms with van der Waals surface area (Å²) in [4.78, 5) is 7.70. The summed E-state index contributed by atoms with van der Waals surface area (Å²) in [5.41, 5.74) is 6.08. The molecule has 19 heavy (non-hydrogen) atoms. The molecule has 9 heteroatoms. The van der Waals surface area contributed by atoms with E-state index in [4.69, 9.17) is 13.9 Å². The first-order chi connectivity index (χ1) is 8.45. The number of anilines is 3. The van der Waals surface area contributed by atoms with E-state index < -0.39 is 14.2 Å². The van der Waals surface area contributed by atoms with Crippen molar-refractivity contribution in [2.75, 3.05) is 11.1 Å². The van der Waals surface area contributed by atoms with Crippen LogP contribution in [0.3, 0.4) is 0 Å². The van der Waals surface area contributed by atoms with Crippen LogP contribution < -0.4 is 45.0 Å². The maximum atomic E-state index is 11.0. The van der Waals surface area contributed by atoms with E-state index in [1.807, 2.05) is 0 Å². The number of nitrogen functional groups attached to an aromatic ring is 1. The van der Waals surface area contributed by atoms with Gasteiger partial charge in [-0.3, -0.25) is 0 Å². The molecule has 0 spiro atoms. The van der Waals surface area contributed by atoms with Crippen molar-refractivity contribution in [3.63, 3.8) is 0 Å². The molecular weight excluding hydrogens is 322 g/mol. The molecule has 5 N–H and O–H groups in total. The summed E-state index contributed by atoms with van der Waals surface area (Å²) < 4.78 is 29.1. The number of aromatic nitrogens is 2. The van der Waals surface area contributed by atoms with Crippen LogP contribution in [-0.2, 0) is 3.74 Å². The van der Waals surface area contributed by atoms with E-state index in [-0.39, 0.29) is 39.9 Å². The van der Waals surface area contributed by atoms with Gasteiger partial charge in [-0.05, 0) is 0 Å². The van der Waals surface area contributed by atoms with Crippen LogP contribution in [0.4, 0.5) is 17.5 Å². The Kier molecular flexibility index (Phi) is 5.61. The second-order valence-electron chi connectivity index (χ2n) is 3.52. The molecule has 0 radical (unpaired) electrons. The standard InChI is InChI=1S/C10H11AsN4O3.Na/c12-10-13-6-5-9(15-10)14-8-3-1-7(2-4-8)11(16,17)18;/h1-6H,(H2,16,17,18)(H3,12,13,14,15);/q;+1. The van der Waals surface area contributed by atoms with Crippen molar-refractivity contribution in [2.45, 2.75) is 0 Å². The van der Waals surface area contributed by atoms with Gasteiger partial charge < -0.3 is 0 Å². The van der Waals surface area contributed by atoms with E-state index in [1.165, 1.54) is 18.3 Å². The molecule has 94 valence electrons. The zero-order chi connectivity index (χ0) is 13.2. The molecule has 0 amide bonds. The first-order valence-electron chi connectivity index (χ1n) is 4.97. The second kappa shape index (κ2) is 6.56. The van der Waals surface area contributed by atoms with Crippen LogP contribution in [0.5, 0.6) is 0 Å². The third-order valence-electron chi connectivity index (χ3n) is 2.15. The minimum absolute atomic E-state index is 0. The van der Waals surface area contributed by atoms with Gasteiger partial charge in [-0.15, -0.1) is 0 Å². The average Bonchev–Trinajstić information content (AvgIpc) is 2.28. The predicted octanol–water partition coefficient (Wildman–Crippen LogP) is -3.63. The molecular formula is C10H11AsN4NaO3+. The van der Waals surface area contributed by atoms with Crippen molar-refractivity contribution < 1.29 is 41.5 Å². The largest absolute Gasteiger partial charge is 1.00 e. The maximum Gasteiger partial charge on any atom is 1.00 e. The van der Waals surface area contributed by atoms with Crippen molar-refractivity contribution in [2.24, 2.45) is 0 Å². The Labute approximate surface area is 134 Å². The van der Waals surface area contributed by atoms with Crippen LogP contribution in [0.15, 0.2) is 36.5 Å². The fraction of sp³-hybridized carbons (Fsp3) is 0. The Hall–Kier alpha value is -0.822. The zero-order valence-electron chi connectivity index (χ0n) is 10.2. The van der Waals surface area contributed by atoms with Crippen molar-refractivity contribution in [1.29, 1.82) is 0 Å². The summed E-state index contributed by atoms with van der Waals surface area (Å²) in [5, 5.41) is 2.95. The predicted molar refractivity (Wildman–Crippen MR) is 66.7 cm³/mol. The van der Waals surface area contributed by atoms with Crippen molar-refractivity contribution in [1.82, 2.24) is 9.97 Å². The van der Waals surface area contributed by atoms with Crippen LogP contribution in [-0.4, -0.2) is 32.3 Å². The Morgan fingerprint density at radius 3 is 2.32 bits per heavy atom. The molecule has 0 atom stereocenters. The normalized spacial score (nSPS) is 10.6. The molecule has 2 rings (SSSR count). The van der Waals surface area contributed by atoms with Crippen LogP contribution >= 0.6 is 0 Å². The smallest absolute Gasteiger partial charge is 1.00 e. The number of benzene rings is 1. The quantitative estimate of drug-likeness (QED) is 0.428. The van der Waals surface area contributed by atoms with Crippen molar-refractivity contribution >= 4 is 36.0 Å². The van der Waals surface area contributed by atoms with E-state index in [1.54, 1.807) is 18.2 Å². The number of nitrogens with two attached hydrogens (primary N) is 1. The summed E-state index contributed by atoms with van der Waals surface area (Å²) in [7, 11) is 0. The van der Waals surface area contributed by atoms with Gasteiger partial charge in [0.1, 0.15) is 0 Å². The molecule has 0 aliphatic carbocycles. The number of nitrogens with one attached hydrogen (secondary N) is 1. The van der Waals surface area contributed by atoms with Gasteiger partial charge in [0, 0.05) is 0 Å². The minimum atomic E-state index is -4.81. The van der Waals surface area contributed by atoms with Gasteiger partial charge in [0.15, 0.2) is 0 Å². The molecule has 0 aliphatic rings. The monoisotopic (exact) mass is 333 g/mol. The number of nitrogens with zero attached hydrogens (tertiary/aromatic N) is 2. The van der Waals surface area contributed by atoms with Crippen LogP contribution in [0.1, 0.15) is 0 Å². The summed E-state index contributed by atoms with van der Waals surface area (Å²) >= 11 is -4.81. The summed E-state index contributed by atoms with van der Waals surface area (Å²) in [6, 6.07) is 7.53. The molecule has 0 saturated carbocycles. The Balaban J connectivity index is 0.00000180. The molecule has 7 nitrogen and oxygen atoms in total. The number of hydrogen-bond donors (Lipinski definition) is 4. The number of hydrogen-bond acceptors (Lipinski definition) is 5. The van der Waals surface area contributed by atoms with Gasteiger partial charge in [-0.1, -0.05) is 0 Å². The first kappa shape index (κ1) is 16.2. The molecule has 0 unspecified atom stereocenters. The van der Waals surface area contributed by atoms with Gasteiger partial charge in [-0.2, -0.15) is 0 Å². The van der Waals surface area contributed by atoms with Gasteiger partial charge >= 0.3 is 135 Å². The van der Waals surface area contributed by atoms with Crippen LogP contribution in [0.25, 0.3) is 0 Å². The molecule has 0 fully saturated rings. The SMILES string of the molecule is Nc1nccc(Nc2ccc([As](=O)(O)O)cc2)n1.[Na+].